The highest BCUT2D eigenvalue weighted by Crippen LogP contribution is 2.22. The van der Waals surface area contributed by atoms with E-state index in [0.717, 1.165) is 4.88 Å². The summed E-state index contributed by atoms with van der Waals surface area (Å²) in [4.78, 5) is 14.3. The van der Waals surface area contributed by atoms with Crippen LogP contribution in [0.1, 0.15) is 33.2 Å². The second-order valence-electron chi connectivity index (χ2n) is 4.09. The van der Waals surface area contributed by atoms with Gasteiger partial charge in [0.2, 0.25) is 0 Å². The van der Waals surface area contributed by atoms with Crippen molar-refractivity contribution in [1.82, 2.24) is 15.5 Å². The number of anilines is 1. The lowest BCUT2D eigenvalue weighted by Crippen LogP contribution is -2.27. The minimum absolute atomic E-state index is 0.0553. The largest absolute Gasteiger partial charge is 0.343 e. The Balaban J connectivity index is 2.03. The van der Waals surface area contributed by atoms with Gasteiger partial charge in [-0.2, -0.15) is 0 Å². The maximum atomic E-state index is 12.0. The van der Waals surface area contributed by atoms with Crippen molar-refractivity contribution in [3.8, 4) is 0 Å². The molecule has 1 atom stereocenters. The molecule has 19 heavy (non-hydrogen) atoms. The highest BCUT2D eigenvalue weighted by Gasteiger charge is 2.14. The first-order chi connectivity index (χ1) is 9.10. The number of nitrogens with zero attached hydrogens (tertiary/aromatic N) is 2. The molecule has 0 aliphatic carbocycles. The Morgan fingerprint density at radius 1 is 1.32 bits per heavy atom. The summed E-state index contributed by atoms with van der Waals surface area (Å²) in [6, 6.07) is 7.16. The first-order valence-corrected chi connectivity index (χ1v) is 6.59. The van der Waals surface area contributed by atoms with Gasteiger partial charge in [-0.25, -0.2) is 5.84 Å². The van der Waals surface area contributed by atoms with Gasteiger partial charge >= 0.3 is 0 Å². The first kappa shape index (κ1) is 13.4. The van der Waals surface area contributed by atoms with E-state index >= 15 is 0 Å². The molecule has 0 spiro atoms. The minimum Gasteiger partial charge on any atom is -0.343 e. The molecule has 100 valence electrons. The van der Waals surface area contributed by atoms with E-state index < -0.39 is 0 Å². The van der Waals surface area contributed by atoms with Gasteiger partial charge in [-0.05, 0) is 38.1 Å². The summed E-state index contributed by atoms with van der Waals surface area (Å²) in [6.45, 7) is 3.97. The van der Waals surface area contributed by atoms with Gasteiger partial charge in [0, 0.05) is 9.75 Å². The molecule has 0 saturated heterocycles. The molecule has 1 unspecified atom stereocenters. The van der Waals surface area contributed by atoms with Crippen LogP contribution < -0.4 is 16.6 Å². The predicted molar refractivity (Wildman–Crippen MR) is 74.8 cm³/mol. The topological polar surface area (TPSA) is 92.9 Å². The summed E-state index contributed by atoms with van der Waals surface area (Å²) >= 11 is 1.66. The molecule has 2 aromatic heterocycles. The Morgan fingerprint density at radius 2 is 2.11 bits per heavy atom. The molecule has 6 nitrogen and oxygen atoms in total. The second kappa shape index (κ2) is 5.77. The van der Waals surface area contributed by atoms with Crippen molar-refractivity contribution in [2.75, 3.05) is 5.43 Å². The number of rotatable bonds is 4. The third-order valence-corrected chi connectivity index (χ3v) is 3.76. The van der Waals surface area contributed by atoms with E-state index in [0.29, 0.717) is 5.82 Å². The first-order valence-electron chi connectivity index (χ1n) is 5.77. The number of amides is 1. The highest BCUT2D eigenvalue weighted by atomic mass is 32.1. The smallest absolute Gasteiger partial charge is 0.272 e. The fourth-order valence-electron chi connectivity index (χ4n) is 1.56. The average Bonchev–Trinajstić information content (AvgIpc) is 2.85. The second-order valence-corrected chi connectivity index (χ2v) is 5.41. The molecule has 0 aliphatic rings. The molecular formula is C12H15N5OS. The van der Waals surface area contributed by atoms with E-state index in [2.05, 4.69) is 20.9 Å². The van der Waals surface area contributed by atoms with E-state index in [9.17, 15) is 4.79 Å². The van der Waals surface area contributed by atoms with Gasteiger partial charge < -0.3 is 10.7 Å². The standard InChI is InChI=1S/C12H15N5OS/c1-7-3-5-10(19-7)8(2)14-12(18)9-4-6-11(15-13)17-16-9/h3-6,8H,13H2,1-2H3,(H,14,18)(H,15,17). The normalized spacial score (nSPS) is 11.9. The number of aromatic nitrogens is 2. The molecule has 0 saturated carbocycles. The van der Waals surface area contributed by atoms with Gasteiger partial charge in [-0.15, -0.1) is 21.5 Å². The summed E-state index contributed by atoms with van der Waals surface area (Å²) < 4.78 is 0. The van der Waals surface area contributed by atoms with Gasteiger partial charge in [0.15, 0.2) is 11.5 Å². The van der Waals surface area contributed by atoms with Crippen molar-refractivity contribution < 1.29 is 4.79 Å². The SMILES string of the molecule is Cc1ccc(C(C)NC(=O)c2ccc(NN)nn2)s1. The molecule has 0 aliphatic heterocycles. The maximum Gasteiger partial charge on any atom is 0.272 e. The number of thiophene rings is 1. The van der Waals surface area contributed by atoms with Gasteiger partial charge in [-0.1, -0.05) is 0 Å². The van der Waals surface area contributed by atoms with Crippen LogP contribution in [0.3, 0.4) is 0 Å². The van der Waals surface area contributed by atoms with Crippen molar-refractivity contribution in [1.29, 1.82) is 0 Å². The summed E-state index contributed by atoms with van der Waals surface area (Å²) in [5.74, 6) is 5.34. The molecule has 0 fully saturated rings. The summed E-state index contributed by atoms with van der Waals surface area (Å²) in [5, 5.41) is 10.4. The highest BCUT2D eigenvalue weighted by molar-refractivity contribution is 7.12. The number of hydrogen-bond acceptors (Lipinski definition) is 6. The van der Waals surface area contributed by atoms with Crippen molar-refractivity contribution in [3.05, 3.63) is 39.7 Å². The Hall–Kier alpha value is -1.99. The summed E-state index contributed by atoms with van der Waals surface area (Å²) in [5.41, 5.74) is 2.62. The van der Waals surface area contributed by atoms with E-state index in [-0.39, 0.29) is 17.6 Å². The third kappa shape index (κ3) is 3.27. The predicted octanol–water partition coefficient (Wildman–Crippen LogP) is 1.62. The molecular weight excluding hydrogens is 262 g/mol. The van der Waals surface area contributed by atoms with Gasteiger partial charge in [-0.3, -0.25) is 4.79 Å². The van der Waals surface area contributed by atoms with Crippen molar-refractivity contribution in [2.45, 2.75) is 19.9 Å². The van der Waals surface area contributed by atoms with Crippen LogP contribution in [0.4, 0.5) is 5.82 Å². The molecule has 4 N–H and O–H groups in total. The zero-order valence-electron chi connectivity index (χ0n) is 10.7. The molecule has 0 aromatic carbocycles. The van der Waals surface area contributed by atoms with E-state index in [1.54, 1.807) is 23.5 Å². The monoisotopic (exact) mass is 277 g/mol. The lowest BCUT2D eigenvalue weighted by atomic mass is 10.2. The number of nitrogens with two attached hydrogens (primary N) is 1. The number of hydrazine groups is 1. The Morgan fingerprint density at radius 3 is 2.63 bits per heavy atom. The Labute approximate surface area is 115 Å². The number of hydrogen-bond donors (Lipinski definition) is 3. The molecule has 7 heteroatoms. The zero-order chi connectivity index (χ0) is 13.8. The molecule has 2 rings (SSSR count). The number of nitrogens with one attached hydrogen (secondary N) is 2. The summed E-state index contributed by atoms with van der Waals surface area (Å²) in [7, 11) is 0. The van der Waals surface area contributed by atoms with Crippen LogP contribution in [-0.2, 0) is 0 Å². The van der Waals surface area contributed by atoms with Crippen LogP contribution in [0.25, 0.3) is 0 Å². The maximum absolute atomic E-state index is 12.0. The Kier molecular flexibility index (Phi) is 4.08. The number of nitrogen functional groups attached to an aromatic ring is 1. The van der Waals surface area contributed by atoms with E-state index in [1.165, 1.54) is 4.88 Å². The Bertz CT molecular complexity index is 566. The third-order valence-electron chi connectivity index (χ3n) is 2.58. The summed E-state index contributed by atoms with van der Waals surface area (Å²) in [6.07, 6.45) is 0. The average molecular weight is 277 g/mol. The van der Waals surface area contributed by atoms with Crippen LogP contribution in [0.5, 0.6) is 0 Å². The fraction of sp³-hybridized carbons (Fsp3) is 0.250. The van der Waals surface area contributed by atoms with Crippen LogP contribution in [0.15, 0.2) is 24.3 Å². The van der Waals surface area contributed by atoms with Crippen molar-refractivity contribution >= 4 is 23.1 Å². The molecule has 0 bridgehead atoms. The van der Waals surface area contributed by atoms with Gasteiger partial charge in [0.25, 0.3) is 5.91 Å². The van der Waals surface area contributed by atoms with Crippen LogP contribution >= 0.6 is 11.3 Å². The van der Waals surface area contributed by atoms with Crippen LogP contribution in [0.2, 0.25) is 0 Å². The minimum atomic E-state index is -0.255. The van der Waals surface area contributed by atoms with Crippen molar-refractivity contribution in [3.63, 3.8) is 0 Å². The van der Waals surface area contributed by atoms with E-state index in [4.69, 9.17) is 5.84 Å². The van der Waals surface area contributed by atoms with Gasteiger partial charge in [0.1, 0.15) is 0 Å². The van der Waals surface area contributed by atoms with E-state index in [1.807, 2.05) is 26.0 Å². The molecule has 1 amide bonds. The fourth-order valence-corrected chi connectivity index (χ4v) is 2.44. The molecule has 0 radical (unpaired) electrons. The van der Waals surface area contributed by atoms with Crippen LogP contribution in [-0.4, -0.2) is 16.1 Å². The quantitative estimate of drug-likeness (QED) is 0.583. The lowest BCUT2D eigenvalue weighted by Gasteiger charge is -2.11. The number of aryl methyl sites for hydroxylation is 1. The zero-order valence-corrected chi connectivity index (χ0v) is 11.5. The van der Waals surface area contributed by atoms with Gasteiger partial charge in [0.05, 0.1) is 6.04 Å². The number of carbonyl (C=O) groups is 1. The molecule has 2 aromatic rings. The van der Waals surface area contributed by atoms with Crippen molar-refractivity contribution in [2.24, 2.45) is 5.84 Å². The number of carbonyl (C=O) groups excluding carboxylic acids is 1. The molecule has 2 heterocycles. The van der Waals surface area contributed by atoms with Crippen LogP contribution in [0, 0.1) is 6.92 Å². The lowest BCUT2D eigenvalue weighted by molar-refractivity contribution is 0.0934.